The molecule has 120 valence electrons. The molecule has 6 heteroatoms. The Morgan fingerprint density at radius 1 is 1.39 bits per heavy atom. The molecule has 23 heavy (non-hydrogen) atoms. The lowest BCUT2D eigenvalue weighted by Gasteiger charge is -2.13. The van der Waals surface area contributed by atoms with Gasteiger partial charge in [0, 0.05) is 29.7 Å². The maximum Gasteiger partial charge on any atom is 0.237 e. The van der Waals surface area contributed by atoms with Crippen LogP contribution in [-0.4, -0.2) is 26.5 Å². The Hall–Kier alpha value is -2.08. The topological polar surface area (TPSA) is 64.0 Å². The number of rotatable bonds is 6. The molecule has 1 atom stereocenters. The summed E-state index contributed by atoms with van der Waals surface area (Å²) in [6.07, 6.45) is 6.12. The largest absolute Gasteiger partial charge is 0.325 e. The summed E-state index contributed by atoms with van der Waals surface area (Å²) < 4.78 is 2.14. The van der Waals surface area contributed by atoms with Gasteiger partial charge in [0.2, 0.25) is 5.91 Å². The van der Waals surface area contributed by atoms with Gasteiger partial charge in [0.25, 0.3) is 0 Å². The molecule has 1 unspecified atom stereocenters. The van der Waals surface area contributed by atoms with E-state index in [1.165, 1.54) is 31.5 Å². The number of hydrogen-bond acceptors (Lipinski definition) is 4. The van der Waals surface area contributed by atoms with Crippen LogP contribution in [0.25, 0.3) is 0 Å². The van der Waals surface area contributed by atoms with Crippen molar-refractivity contribution in [2.24, 2.45) is 0 Å². The summed E-state index contributed by atoms with van der Waals surface area (Å²) >= 11 is 1.46. The standard InChI is InChI=1S/C17H19N3O2S/c1-11(21)13-4-3-5-14(10-13)19-16(22)12(2)23-17-18-8-9-20(17)15-6-7-15/h3-5,8-10,12,15H,6-7H2,1-2H3,(H,19,22). The zero-order valence-corrected chi connectivity index (χ0v) is 14.0. The number of anilines is 1. The molecule has 0 aliphatic heterocycles. The second-order valence-electron chi connectivity index (χ2n) is 5.73. The number of benzene rings is 1. The van der Waals surface area contributed by atoms with Crippen LogP contribution in [0.15, 0.2) is 41.8 Å². The smallest absolute Gasteiger partial charge is 0.237 e. The fourth-order valence-electron chi connectivity index (χ4n) is 2.29. The maximum absolute atomic E-state index is 12.4. The molecule has 1 amide bonds. The third kappa shape index (κ3) is 3.82. The number of hydrogen-bond donors (Lipinski definition) is 1. The molecule has 0 spiro atoms. The number of amides is 1. The van der Waals surface area contributed by atoms with Crippen LogP contribution in [0, 0.1) is 0 Å². The first-order chi connectivity index (χ1) is 11.0. The van der Waals surface area contributed by atoms with Crippen LogP contribution in [0.2, 0.25) is 0 Å². The first kappa shape index (κ1) is 15.8. The van der Waals surface area contributed by atoms with Crippen LogP contribution in [-0.2, 0) is 4.79 Å². The molecule has 1 heterocycles. The summed E-state index contributed by atoms with van der Waals surface area (Å²) in [4.78, 5) is 28.1. The van der Waals surface area contributed by atoms with E-state index in [2.05, 4.69) is 14.9 Å². The number of aromatic nitrogens is 2. The molecule has 5 nitrogen and oxygen atoms in total. The molecule has 0 radical (unpaired) electrons. The Morgan fingerprint density at radius 3 is 2.87 bits per heavy atom. The van der Waals surface area contributed by atoms with E-state index in [1.807, 2.05) is 13.1 Å². The molecular formula is C17H19N3O2S. The van der Waals surface area contributed by atoms with Gasteiger partial charge in [-0.05, 0) is 38.8 Å². The predicted molar refractivity (Wildman–Crippen MR) is 90.9 cm³/mol. The van der Waals surface area contributed by atoms with Crippen molar-refractivity contribution in [3.8, 4) is 0 Å². The Morgan fingerprint density at radius 2 is 2.17 bits per heavy atom. The third-order valence-corrected chi connectivity index (χ3v) is 4.86. The Labute approximate surface area is 139 Å². The second-order valence-corrected chi connectivity index (χ2v) is 7.04. The predicted octanol–water partition coefficient (Wildman–Crippen LogP) is 3.54. The monoisotopic (exact) mass is 329 g/mol. The van der Waals surface area contributed by atoms with E-state index < -0.39 is 0 Å². The van der Waals surface area contributed by atoms with Crippen molar-refractivity contribution in [2.45, 2.75) is 43.1 Å². The number of ketones is 1. The van der Waals surface area contributed by atoms with Gasteiger partial charge in [-0.2, -0.15) is 0 Å². The van der Waals surface area contributed by atoms with Crippen molar-refractivity contribution in [2.75, 3.05) is 5.32 Å². The Kier molecular flexibility index (Phi) is 4.52. The second kappa shape index (κ2) is 6.58. The van der Waals surface area contributed by atoms with E-state index in [0.717, 1.165) is 5.16 Å². The molecule has 3 rings (SSSR count). The van der Waals surface area contributed by atoms with E-state index in [9.17, 15) is 9.59 Å². The molecule has 1 fully saturated rings. The zero-order valence-electron chi connectivity index (χ0n) is 13.2. The number of thioether (sulfide) groups is 1. The molecule has 1 saturated carbocycles. The highest BCUT2D eigenvalue weighted by Crippen LogP contribution is 2.38. The van der Waals surface area contributed by atoms with Crippen LogP contribution >= 0.6 is 11.8 Å². The van der Waals surface area contributed by atoms with E-state index in [1.54, 1.807) is 30.5 Å². The first-order valence-electron chi connectivity index (χ1n) is 7.66. The first-order valence-corrected chi connectivity index (χ1v) is 8.54. The average Bonchev–Trinajstić information content (AvgIpc) is 3.27. The SMILES string of the molecule is CC(=O)c1cccc(NC(=O)C(C)Sc2nccn2C2CC2)c1. The van der Waals surface area contributed by atoms with Crippen LogP contribution in [0.3, 0.4) is 0 Å². The van der Waals surface area contributed by atoms with Crippen molar-refractivity contribution in [1.29, 1.82) is 0 Å². The van der Waals surface area contributed by atoms with Crippen molar-refractivity contribution in [3.63, 3.8) is 0 Å². The maximum atomic E-state index is 12.4. The van der Waals surface area contributed by atoms with Gasteiger partial charge in [-0.1, -0.05) is 23.9 Å². The normalized spacial score (nSPS) is 15.2. The van der Waals surface area contributed by atoms with Gasteiger partial charge < -0.3 is 9.88 Å². The highest BCUT2D eigenvalue weighted by Gasteiger charge is 2.27. The summed E-state index contributed by atoms with van der Waals surface area (Å²) in [6, 6.07) is 7.53. The van der Waals surface area contributed by atoms with E-state index >= 15 is 0 Å². The minimum absolute atomic E-state index is 0.0185. The van der Waals surface area contributed by atoms with Gasteiger partial charge in [0.1, 0.15) is 0 Å². The van der Waals surface area contributed by atoms with Crippen LogP contribution in [0.5, 0.6) is 0 Å². The minimum atomic E-state index is -0.268. The molecule has 1 aliphatic carbocycles. The van der Waals surface area contributed by atoms with Crippen molar-refractivity contribution in [1.82, 2.24) is 9.55 Å². The quantitative estimate of drug-likeness (QED) is 0.650. The summed E-state index contributed by atoms with van der Waals surface area (Å²) in [7, 11) is 0. The molecule has 1 aromatic heterocycles. The number of imidazole rings is 1. The highest BCUT2D eigenvalue weighted by atomic mass is 32.2. The molecule has 2 aromatic rings. The summed E-state index contributed by atoms with van der Waals surface area (Å²) in [5, 5.41) is 3.48. The van der Waals surface area contributed by atoms with Gasteiger partial charge in [-0.3, -0.25) is 9.59 Å². The number of carbonyl (C=O) groups is 2. The van der Waals surface area contributed by atoms with Crippen LogP contribution in [0.4, 0.5) is 5.69 Å². The van der Waals surface area contributed by atoms with Crippen LogP contribution in [0.1, 0.15) is 43.1 Å². The number of nitrogens with zero attached hydrogens (tertiary/aromatic N) is 2. The molecular weight excluding hydrogens is 310 g/mol. The number of carbonyl (C=O) groups excluding carboxylic acids is 2. The molecule has 1 aliphatic rings. The van der Waals surface area contributed by atoms with Crippen molar-refractivity contribution < 1.29 is 9.59 Å². The lowest BCUT2D eigenvalue weighted by Crippen LogP contribution is -2.23. The van der Waals surface area contributed by atoms with Crippen molar-refractivity contribution >= 4 is 29.1 Å². The summed E-state index contributed by atoms with van der Waals surface area (Å²) in [5.41, 5.74) is 1.23. The molecule has 1 aromatic carbocycles. The van der Waals surface area contributed by atoms with Gasteiger partial charge in [0.15, 0.2) is 10.9 Å². The zero-order chi connectivity index (χ0) is 16.4. The molecule has 0 saturated heterocycles. The van der Waals surface area contributed by atoms with E-state index in [4.69, 9.17) is 0 Å². The lowest BCUT2D eigenvalue weighted by molar-refractivity contribution is -0.115. The lowest BCUT2D eigenvalue weighted by atomic mass is 10.1. The van der Waals surface area contributed by atoms with Gasteiger partial charge >= 0.3 is 0 Å². The summed E-state index contributed by atoms with van der Waals surface area (Å²) in [5.74, 6) is -0.115. The summed E-state index contributed by atoms with van der Waals surface area (Å²) in [6.45, 7) is 3.37. The van der Waals surface area contributed by atoms with E-state index in [-0.39, 0.29) is 16.9 Å². The van der Waals surface area contributed by atoms with E-state index in [0.29, 0.717) is 17.3 Å². The molecule has 1 N–H and O–H groups in total. The third-order valence-electron chi connectivity index (χ3n) is 3.76. The minimum Gasteiger partial charge on any atom is -0.325 e. The number of nitrogens with one attached hydrogen (secondary N) is 1. The van der Waals surface area contributed by atoms with Crippen molar-refractivity contribution in [3.05, 3.63) is 42.2 Å². The number of Topliss-reactive ketones (excluding diaryl/α,β-unsaturated/α-hetero) is 1. The highest BCUT2D eigenvalue weighted by molar-refractivity contribution is 8.00. The van der Waals surface area contributed by atoms with Crippen LogP contribution < -0.4 is 5.32 Å². The fourth-order valence-corrected chi connectivity index (χ4v) is 3.23. The molecule has 0 bridgehead atoms. The van der Waals surface area contributed by atoms with Gasteiger partial charge in [-0.25, -0.2) is 4.98 Å². The van der Waals surface area contributed by atoms with Gasteiger partial charge in [-0.15, -0.1) is 0 Å². The fraction of sp³-hybridized carbons (Fsp3) is 0.353. The Balaban J connectivity index is 1.64. The Bertz CT molecular complexity index is 737. The van der Waals surface area contributed by atoms with Gasteiger partial charge in [0.05, 0.1) is 5.25 Å². The average molecular weight is 329 g/mol.